The van der Waals surface area contributed by atoms with Gasteiger partial charge in [0, 0.05) is 65.1 Å². The van der Waals surface area contributed by atoms with Crippen LogP contribution in [0.3, 0.4) is 0 Å². The Balaban J connectivity index is 1.50. The molecule has 4 aromatic rings. The van der Waals surface area contributed by atoms with Crippen LogP contribution in [0.25, 0.3) is 22.0 Å². The zero-order chi connectivity index (χ0) is 64.2. The number of hydrogen-bond acceptors (Lipinski definition) is 12. The molecule has 4 N–H and O–H groups in total. The first-order valence-electron chi connectivity index (χ1n) is 30.8. The maximum atomic E-state index is 15.7. The summed E-state index contributed by atoms with van der Waals surface area (Å²) in [5.41, 5.74) is 1.89. The van der Waals surface area contributed by atoms with Crippen LogP contribution in [-0.4, -0.2) is 183 Å². The Morgan fingerprint density at radius 3 is 1.91 bits per heavy atom. The van der Waals surface area contributed by atoms with Crippen molar-refractivity contribution in [1.29, 1.82) is 0 Å². The number of carbonyl (C=O) groups excluding carboxylic acids is 9. The molecule has 20 heteroatoms. The maximum absolute atomic E-state index is 15.7. The minimum atomic E-state index is -1.98. The minimum absolute atomic E-state index is 0.0184. The predicted octanol–water partition coefficient (Wildman–Crippen LogP) is 6.10. The second-order valence-corrected chi connectivity index (χ2v) is 24.9. The van der Waals surface area contributed by atoms with Crippen LogP contribution in [0.4, 0.5) is 0 Å². The minimum Gasteiger partial charge on any atom is -0.450 e. The number of rotatable bonds is 14. The Morgan fingerprint density at radius 2 is 1.26 bits per heavy atom. The smallest absolute Gasteiger partial charge is 0.332 e. The molecule has 2 fully saturated rings. The van der Waals surface area contributed by atoms with Crippen molar-refractivity contribution in [2.75, 3.05) is 34.7 Å². The average molecular weight is 1200 g/mol. The molecule has 0 radical (unpaired) electrons. The van der Waals surface area contributed by atoms with Gasteiger partial charge in [0.25, 0.3) is 5.91 Å². The first-order chi connectivity index (χ1) is 41.1. The van der Waals surface area contributed by atoms with Gasteiger partial charge < -0.3 is 50.3 Å². The highest BCUT2D eigenvalue weighted by Crippen LogP contribution is 2.29. The lowest BCUT2D eigenvalue weighted by molar-refractivity contribution is -0.177. The quantitative estimate of drug-likeness (QED) is 0.105. The van der Waals surface area contributed by atoms with Crippen LogP contribution in [0.15, 0.2) is 91.1 Å². The number of hydrogen-bond donors (Lipinski definition) is 4. The third kappa shape index (κ3) is 16.7. The van der Waals surface area contributed by atoms with Gasteiger partial charge in [-0.1, -0.05) is 134 Å². The van der Waals surface area contributed by atoms with E-state index in [0.29, 0.717) is 36.8 Å². The normalized spacial score (nSPS) is 25.0. The third-order valence-electron chi connectivity index (χ3n) is 17.5. The number of aromatic nitrogens is 1. The number of fused-ring (bicyclic) bond motifs is 2. The first kappa shape index (κ1) is 68.4. The largest absolute Gasteiger partial charge is 0.450 e. The number of esters is 1. The van der Waals surface area contributed by atoms with E-state index in [1.165, 1.54) is 68.6 Å². The molecule has 8 amide bonds. The Labute approximate surface area is 513 Å². The fourth-order valence-electron chi connectivity index (χ4n) is 11.7. The molecule has 11 atom stereocenters. The van der Waals surface area contributed by atoms with Gasteiger partial charge in [-0.15, -0.1) is 0 Å². The molecule has 0 spiro atoms. The topological polar surface area (TPSA) is 248 Å². The van der Waals surface area contributed by atoms with E-state index in [0.717, 1.165) is 26.9 Å². The number of aliphatic hydroxyl groups is 1. The van der Waals surface area contributed by atoms with Gasteiger partial charge >= 0.3 is 5.97 Å². The van der Waals surface area contributed by atoms with Crippen LogP contribution in [0.5, 0.6) is 0 Å². The van der Waals surface area contributed by atoms with Gasteiger partial charge in [-0.3, -0.25) is 43.3 Å². The number of benzene rings is 3. The number of cyclic esters (lactones) is 1. The van der Waals surface area contributed by atoms with E-state index in [1.54, 1.807) is 39.1 Å². The molecule has 3 aromatic carbocycles. The van der Waals surface area contributed by atoms with E-state index < -0.39 is 125 Å². The summed E-state index contributed by atoms with van der Waals surface area (Å²) in [6.45, 7) is 16.9. The number of likely N-dealkylation sites (N-methyl/N-ethyl adjacent to an activating group) is 4. The van der Waals surface area contributed by atoms with E-state index in [2.05, 4.69) is 20.9 Å². The van der Waals surface area contributed by atoms with Crippen molar-refractivity contribution in [2.45, 2.75) is 187 Å². The van der Waals surface area contributed by atoms with Crippen molar-refractivity contribution < 1.29 is 53.0 Å². The van der Waals surface area contributed by atoms with Gasteiger partial charge in [-0.2, -0.15) is 0 Å². The van der Waals surface area contributed by atoms with E-state index in [4.69, 9.17) is 4.74 Å². The third-order valence-corrected chi connectivity index (χ3v) is 17.5. The summed E-state index contributed by atoms with van der Waals surface area (Å²) in [5.74, 6) is -7.71. The van der Waals surface area contributed by atoms with Crippen LogP contribution in [0.2, 0.25) is 0 Å². The van der Waals surface area contributed by atoms with Crippen LogP contribution in [-0.2, 0) is 60.7 Å². The SMILES string of the molecule is CCC[C@H]1C(=O)NC(Cc2ccccc2)C(=O)N(C)C(Cc2cccc(-c3ccc4cccnc4c3)c2)C(=O)N2CCCC2C(=O)NC(C(C)CC)C(=O)N(C)[C@@H](C)C(=O)NC(CC(C)C)C(=O)N(C)C(C(C)(C)O)C(=O)OC([C@H](C)CC)C(=O)N1C. The van der Waals surface area contributed by atoms with Crippen molar-refractivity contribution in [1.82, 2.24) is 45.4 Å². The molecule has 6 rings (SSSR count). The summed E-state index contributed by atoms with van der Waals surface area (Å²) in [4.78, 5) is 146. The lowest BCUT2D eigenvalue weighted by Gasteiger charge is -2.39. The highest BCUT2D eigenvalue weighted by Gasteiger charge is 2.47. The monoisotopic (exact) mass is 1200 g/mol. The number of amides is 8. The standard InChI is InChI=1S/C67H93N9O11/c1-15-24-52-59(78)70-51(37-44-25-19-18-20-26-44)61(80)74(13)54(38-45-27-21-28-47(36-45)48-32-31-46-29-22-33-68-49(46)39-48)63(82)76-34-23-30-53(76)60(79)71-55(41(6)16-2)64(83)72(11)43(8)58(77)69-50(35-40(4)5)62(81)75(14)57(67(9,10)86)66(85)87-56(42(7)17-3)65(84)73(52)12/h18-22,25-29,31-33,36,39-43,50-57,86H,15-17,23-24,30,34-35,37-38H2,1-14H3,(H,69,77)(H,70,78)(H,71,79)/t41?,42-,43+,50?,51?,52+,53?,54?,55?,56?,57?/m1/s1. The summed E-state index contributed by atoms with van der Waals surface area (Å²) in [7, 11) is 5.64. The number of nitrogens with one attached hydrogen (secondary N) is 3. The highest BCUT2D eigenvalue weighted by molar-refractivity contribution is 5.99. The summed E-state index contributed by atoms with van der Waals surface area (Å²) >= 11 is 0. The Morgan fingerprint density at radius 1 is 0.632 bits per heavy atom. The Hall–Kier alpha value is -7.74. The Kier molecular flexibility index (Phi) is 23.8. The lowest BCUT2D eigenvalue weighted by atomic mass is 9.94. The molecule has 2 aliphatic heterocycles. The summed E-state index contributed by atoms with van der Waals surface area (Å²) in [5, 5.41) is 21.4. The molecule has 8 unspecified atom stereocenters. The molecule has 1 aromatic heterocycles. The second-order valence-electron chi connectivity index (χ2n) is 24.9. The first-order valence-corrected chi connectivity index (χ1v) is 30.8. The molecular formula is C67H93N9O11. The van der Waals surface area contributed by atoms with Crippen molar-refractivity contribution in [3.63, 3.8) is 0 Å². The van der Waals surface area contributed by atoms with Gasteiger partial charge in [0.1, 0.15) is 42.3 Å². The molecule has 2 aliphatic rings. The van der Waals surface area contributed by atoms with Crippen LogP contribution in [0, 0.1) is 17.8 Å². The number of carbonyl (C=O) groups is 9. The van der Waals surface area contributed by atoms with E-state index in [9.17, 15) is 29.1 Å². The number of pyridine rings is 1. The van der Waals surface area contributed by atoms with E-state index >= 15 is 19.2 Å². The van der Waals surface area contributed by atoms with Gasteiger partial charge in [-0.05, 0) is 99.1 Å². The predicted molar refractivity (Wildman–Crippen MR) is 333 cm³/mol. The van der Waals surface area contributed by atoms with Crippen molar-refractivity contribution in [3.05, 3.63) is 102 Å². The van der Waals surface area contributed by atoms with Gasteiger partial charge in [-0.25, -0.2) is 4.79 Å². The van der Waals surface area contributed by atoms with E-state index in [1.807, 2.05) is 100 Å². The molecule has 2 saturated heterocycles. The molecule has 3 heterocycles. The molecular weight excluding hydrogens is 1110 g/mol. The van der Waals surface area contributed by atoms with Gasteiger partial charge in [0.15, 0.2) is 12.1 Å². The van der Waals surface area contributed by atoms with Crippen LogP contribution in [0.1, 0.15) is 125 Å². The molecule has 0 saturated carbocycles. The maximum Gasteiger partial charge on any atom is 0.332 e. The molecule has 0 aliphatic carbocycles. The van der Waals surface area contributed by atoms with Crippen molar-refractivity contribution >= 4 is 64.1 Å². The summed E-state index contributed by atoms with van der Waals surface area (Å²) in [6, 6.07) is 16.2. The fraction of sp³-hybridized carbons (Fsp3) is 0.552. The molecule has 472 valence electrons. The van der Waals surface area contributed by atoms with Crippen LogP contribution < -0.4 is 16.0 Å². The Bertz CT molecular complexity index is 3100. The lowest BCUT2D eigenvalue weighted by Crippen LogP contribution is -2.62. The second kappa shape index (κ2) is 30.3. The summed E-state index contributed by atoms with van der Waals surface area (Å²) in [6.07, 6.45) is 2.18. The number of nitrogens with zero attached hydrogens (tertiary/aromatic N) is 6. The average Bonchev–Trinajstić information content (AvgIpc) is 3.92. The van der Waals surface area contributed by atoms with E-state index in [-0.39, 0.29) is 44.6 Å². The number of ether oxygens (including phenoxy) is 1. The zero-order valence-electron chi connectivity index (χ0n) is 53.4. The van der Waals surface area contributed by atoms with Crippen molar-refractivity contribution in [3.8, 4) is 11.1 Å². The van der Waals surface area contributed by atoms with Gasteiger partial charge in [0.2, 0.25) is 41.4 Å². The zero-order valence-corrected chi connectivity index (χ0v) is 53.4. The van der Waals surface area contributed by atoms with Gasteiger partial charge in [0.05, 0.1) is 11.1 Å². The molecule has 20 nitrogen and oxygen atoms in total. The molecule has 87 heavy (non-hydrogen) atoms. The fourth-order valence-corrected chi connectivity index (χ4v) is 11.7. The summed E-state index contributed by atoms with van der Waals surface area (Å²) < 4.78 is 6.11. The molecule has 0 bridgehead atoms. The van der Waals surface area contributed by atoms with Crippen LogP contribution >= 0.6 is 0 Å². The highest BCUT2D eigenvalue weighted by atomic mass is 16.6. The van der Waals surface area contributed by atoms with Crippen molar-refractivity contribution in [2.24, 2.45) is 17.8 Å².